The number of benzene rings is 1. The largest absolute Gasteiger partial charge is 0.496 e. The first kappa shape index (κ1) is 15.4. The van der Waals surface area contributed by atoms with Crippen molar-refractivity contribution >= 4 is 0 Å². The molecule has 1 aromatic carbocycles. The number of nitrogens with zero attached hydrogens (tertiary/aromatic N) is 1. The van der Waals surface area contributed by atoms with Crippen LogP contribution in [-0.4, -0.2) is 12.1 Å². The fraction of sp³-hybridized carbons (Fsp3) is 0.353. The highest BCUT2D eigenvalue weighted by atomic mass is 19.1. The van der Waals surface area contributed by atoms with Gasteiger partial charge in [-0.15, -0.1) is 0 Å². The van der Waals surface area contributed by atoms with Crippen molar-refractivity contribution in [1.82, 2.24) is 10.3 Å². The molecule has 0 aliphatic rings. The first-order valence-corrected chi connectivity index (χ1v) is 7.16. The Morgan fingerprint density at radius 2 is 2.00 bits per heavy atom. The zero-order valence-electron chi connectivity index (χ0n) is 12.6. The molecule has 0 spiro atoms. The standard InChI is InChI=1S/C17H21FN2O/c1-4-15(16-10-9-13(18)11-19-16)20-12(2)14-7-5-6-8-17(14)21-3/h5-12,15,20H,4H2,1-3H3/t12-,15?/m1/s1. The van der Waals surface area contributed by atoms with Gasteiger partial charge < -0.3 is 10.1 Å². The van der Waals surface area contributed by atoms with Gasteiger partial charge in [-0.3, -0.25) is 4.98 Å². The third-order valence-electron chi connectivity index (χ3n) is 3.57. The summed E-state index contributed by atoms with van der Waals surface area (Å²) in [7, 11) is 1.67. The third-order valence-corrected chi connectivity index (χ3v) is 3.57. The molecule has 21 heavy (non-hydrogen) atoms. The minimum atomic E-state index is -0.314. The van der Waals surface area contributed by atoms with Crippen LogP contribution in [0.1, 0.15) is 43.6 Å². The van der Waals surface area contributed by atoms with Gasteiger partial charge >= 0.3 is 0 Å². The molecule has 0 saturated heterocycles. The summed E-state index contributed by atoms with van der Waals surface area (Å²) in [6, 6.07) is 11.3. The number of methoxy groups -OCH3 is 1. The Morgan fingerprint density at radius 1 is 1.24 bits per heavy atom. The first-order chi connectivity index (χ1) is 10.2. The molecule has 0 aliphatic carbocycles. The van der Waals surface area contributed by atoms with E-state index in [2.05, 4.69) is 24.1 Å². The quantitative estimate of drug-likeness (QED) is 0.871. The van der Waals surface area contributed by atoms with Crippen LogP contribution in [-0.2, 0) is 0 Å². The Labute approximate surface area is 125 Å². The van der Waals surface area contributed by atoms with Crippen LogP contribution in [0, 0.1) is 5.82 Å². The first-order valence-electron chi connectivity index (χ1n) is 7.16. The summed E-state index contributed by atoms with van der Waals surface area (Å²) in [4.78, 5) is 4.17. The van der Waals surface area contributed by atoms with E-state index >= 15 is 0 Å². The molecule has 0 saturated carbocycles. The Balaban J connectivity index is 2.16. The molecule has 2 rings (SSSR count). The number of para-hydroxylation sites is 1. The lowest BCUT2D eigenvalue weighted by Gasteiger charge is -2.23. The molecule has 2 atom stereocenters. The summed E-state index contributed by atoms with van der Waals surface area (Å²) in [6.07, 6.45) is 2.13. The lowest BCUT2D eigenvalue weighted by Crippen LogP contribution is -2.25. The number of hydrogen-bond acceptors (Lipinski definition) is 3. The molecule has 1 N–H and O–H groups in total. The number of pyridine rings is 1. The lowest BCUT2D eigenvalue weighted by molar-refractivity contribution is 0.390. The maximum Gasteiger partial charge on any atom is 0.141 e. The molecule has 1 unspecified atom stereocenters. The van der Waals surface area contributed by atoms with Crippen LogP contribution < -0.4 is 10.1 Å². The van der Waals surface area contributed by atoms with E-state index in [9.17, 15) is 4.39 Å². The maximum atomic E-state index is 13.0. The van der Waals surface area contributed by atoms with E-state index in [4.69, 9.17) is 4.74 Å². The van der Waals surface area contributed by atoms with Crippen molar-refractivity contribution in [3.63, 3.8) is 0 Å². The summed E-state index contributed by atoms with van der Waals surface area (Å²) in [5.41, 5.74) is 1.95. The molecule has 2 aromatic rings. The number of ether oxygens (including phenoxy) is 1. The number of rotatable bonds is 6. The third kappa shape index (κ3) is 3.79. The van der Waals surface area contributed by atoms with Gasteiger partial charge in [0, 0.05) is 17.6 Å². The highest BCUT2D eigenvalue weighted by Gasteiger charge is 2.17. The summed E-state index contributed by atoms with van der Waals surface area (Å²) in [5.74, 6) is 0.547. The van der Waals surface area contributed by atoms with Crippen LogP contribution in [0.3, 0.4) is 0 Å². The monoisotopic (exact) mass is 288 g/mol. The molecule has 4 heteroatoms. The molecule has 1 heterocycles. The number of nitrogens with one attached hydrogen (secondary N) is 1. The summed E-state index contributed by atoms with van der Waals surface area (Å²) < 4.78 is 18.4. The Morgan fingerprint density at radius 3 is 2.62 bits per heavy atom. The average Bonchev–Trinajstić information content (AvgIpc) is 2.53. The second-order valence-electron chi connectivity index (χ2n) is 4.99. The predicted octanol–water partition coefficient (Wildman–Crippen LogP) is 4.03. The van der Waals surface area contributed by atoms with E-state index < -0.39 is 0 Å². The summed E-state index contributed by atoms with van der Waals surface area (Å²) in [5, 5.41) is 3.53. The van der Waals surface area contributed by atoms with Crippen molar-refractivity contribution in [3.05, 3.63) is 59.7 Å². The van der Waals surface area contributed by atoms with Crippen LogP contribution in [0.4, 0.5) is 4.39 Å². The average molecular weight is 288 g/mol. The zero-order valence-corrected chi connectivity index (χ0v) is 12.6. The number of halogens is 1. The van der Waals surface area contributed by atoms with Gasteiger partial charge in [-0.25, -0.2) is 4.39 Å². The predicted molar refractivity (Wildman–Crippen MR) is 81.8 cm³/mol. The van der Waals surface area contributed by atoms with Crippen LogP contribution in [0.25, 0.3) is 0 Å². The van der Waals surface area contributed by atoms with Gasteiger partial charge in [-0.2, -0.15) is 0 Å². The molecule has 0 bridgehead atoms. The fourth-order valence-corrected chi connectivity index (χ4v) is 2.42. The van der Waals surface area contributed by atoms with E-state index in [1.807, 2.05) is 24.3 Å². The van der Waals surface area contributed by atoms with Gasteiger partial charge in [-0.1, -0.05) is 25.1 Å². The molecule has 112 valence electrons. The molecule has 0 aliphatic heterocycles. The van der Waals surface area contributed by atoms with Crippen LogP contribution >= 0.6 is 0 Å². The van der Waals surface area contributed by atoms with Gasteiger partial charge in [0.25, 0.3) is 0 Å². The SMILES string of the molecule is CCC(N[C@H](C)c1ccccc1OC)c1ccc(F)cn1. The molecule has 0 radical (unpaired) electrons. The van der Waals surface area contributed by atoms with Crippen molar-refractivity contribution in [2.75, 3.05) is 7.11 Å². The fourth-order valence-electron chi connectivity index (χ4n) is 2.42. The Bertz CT molecular complexity index is 571. The highest BCUT2D eigenvalue weighted by Crippen LogP contribution is 2.27. The maximum absolute atomic E-state index is 13.0. The number of aromatic nitrogens is 1. The van der Waals surface area contributed by atoms with Gasteiger partial charge in [0.1, 0.15) is 11.6 Å². The van der Waals surface area contributed by atoms with Crippen LogP contribution in [0.2, 0.25) is 0 Å². The highest BCUT2D eigenvalue weighted by molar-refractivity contribution is 5.35. The minimum absolute atomic E-state index is 0.0745. The molecule has 3 nitrogen and oxygen atoms in total. The Hall–Kier alpha value is -1.94. The topological polar surface area (TPSA) is 34.1 Å². The van der Waals surface area contributed by atoms with Crippen molar-refractivity contribution in [1.29, 1.82) is 0 Å². The van der Waals surface area contributed by atoms with Crippen molar-refractivity contribution in [2.45, 2.75) is 32.4 Å². The van der Waals surface area contributed by atoms with Gasteiger partial charge in [0.15, 0.2) is 0 Å². The van der Waals surface area contributed by atoms with E-state index in [1.165, 1.54) is 12.3 Å². The minimum Gasteiger partial charge on any atom is -0.496 e. The van der Waals surface area contributed by atoms with Crippen molar-refractivity contribution < 1.29 is 9.13 Å². The summed E-state index contributed by atoms with van der Waals surface area (Å²) in [6.45, 7) is 4.17. The van der Waals surface area contributed by atoms with Gasteiger partial charge in [-0.05, 0) is 31.5 Å². The van der Waals surface area contributed by atoms with E-state index in [-0.39, 0.29) is 17.9 Å². The zero-order chi connectivity index (χ0) is 15.2. The molecular formula is C17H21FN2O. The normalized spacial score (nSPS) is 13.7. The van der Waals surface area contributed by atoms with Crippen LogP contribution in [0.5, 0.6) is 5.75 Å². The second-order valence-corrected chi connectivity index (χ2v) is 4.99. The van der Waals surface area contributed by atoms with E-state index in [0.717, 1.165) is 23.4 Å². The van der Waals surface area contributed by atoms with E-state index in [1.54, 1.807) is 13.2 Å². The molecular weight excluding hydrogens is 267 g/mol. The molecule has 1 aromatic heterocycles. The van der Waals surface area contributed by atoms with Crippen molar-refractivity contribution in [3.8, 4) is 5.75 Å². The second kappa shape index (κ2) is 7.18. The molecule has 0 fully saturated rings. The van der Waals surface area contributed by atoms with Crippen molar-refractivity contribution in [2.24, 2.45) is 0 Å². The smallest absolute Gasteiger partial charge is 0.141 e. The summed E-state index contributed by atoms with van der Waals surface area (Å²) >= 11 is 0. The molecule has 0 amide bonds. The van der Waals surface area contributed by atoms with Gasteiger partial charge in [0.05, 0.1) is 19.0 Å². The number of hydrogen-bond donors (Lipinski definition) is 1. The van der Waals surface area contributed by atoms with Crippen LogP contribution in [0.15, 0.2) is 42.6 Å². The van der Waals surface area contributed by atoms with Gasteiger partial charge in [0.2, 0.25) is 0 Å². The van der Waals surface area contributed by atoms with E-state index in [0.29, 0.717) is 0 Å². The lowest BCUT2D eigenvalue weighted by atomic mass is 10.0. The Kier molecular flexibility index (Phi) is 5.28.